The lowest BCUT2D eigenvalue weighted by Crippen LogP contribution is -2.45. The van der Waals surface area contributed by atoms with Gasteiger partial charge in [-0.3, -0.25) is 9.59 Å². The predicted molar refractivity (Wildman–Crippen MR) is 102 cm³/mol. The van der Waals surface area contributed by atoms with Gasteiger partial charge < -0.3 is 25.6 Å². The summed E-state index contributed by atoms with van der Waals surface area (Å²) in [4.78, 5) is 26.3. The van der Waals surface area contributed by atoms with Gasteiger partial charge in [0.05, 0.1) is 0 Å². The molecule has 2 amide bonds. The minimum atomic E-state index is -4.82. The number of hydrazine groups is 1. The van der Waals surface area contributed by atoms with Crippen molar-refractivity contribution in [3.8, 4) is 0 Å². The van der Waals surface area contributed by atoms with E-state index in [1.54, 1.807) is 0 Å². The van der Waals surface area contributed by atoms with E-state index in [4.69, 9.17) is 5.02 Å². The first kappa shape index (κ1) is 26.6. The summed E-state index contributed by atoms with van der Waals surface area (Å²) >= 11 is 0. The highest BCUT2D eigenvalue weighted by atomic mass is 19.4. The van der Waals surface area contributed by atoms with Crippen molar-refractivity contribution >= 4 is 18.9 Å². The van der Waals surface area contributed by atoms with Gasteiger partial charge in [0.1, 0.15) is 0 Å². The Balaban J connectivity index is 3.59. The Kier molecular flexibility index (Phi) is 13.9. The smallest absolute Gasteiger partial charge is 0.436 e. The zero-order valence-electron chi connectivity index (χ0n) is 16.9. The maximum absolute atomic E-state index is 12.0. The van der Waals surface area contributed by atoms with E-state index in [1.165, 1.54) is 6.82 Å². The molecule has 0 aliphatic rings. The Bertz CT molecular complexity index is 456. The first-order valence-electron chi connectivity index (χ1n) is 9.47. The van der Waals surface area contributed by atoms with Gasteiger partial charge in [0.2, 0.25) is 5.91 Å². The van der Waals surface area contributed by atoms with E-state index in [1.807, 2.05) is 24.3 Å². The fourth-order valence-corrected chi connectivity index (χ4v) is 2.40. The average molecular weight is 411 g/mol. The van der Waals surface area contributed by atoms with Gasteiger partial charge in [0, 0.05) is 13.0 Å². The molecule has 0 saturated heterocycles. The van der Waals surface area contributed by atoms with Crippen LogP contribution in [-0.4, -0.2) is 86.7 Å². The van der Waals surface area contributed by atoms with E-state index >= 15 is 0 Å². The number of nitrogens with zero attached hydrogens (tertiary/aromatic N) is 2. The van der Waals surface area contributed by atoms with Gasteiger partial charge in [-0.2, -0.15) is 13.2 Å². The Hall–Kier alpha value is -1.37. The topological polar surface area (TPSA) is 96.9 Å². The van der Waals surface area contributed by atoms with E-state index in [9.17, 15) is 22.8 Å². The van der Waals surface area contributed by atoms with Gasteiger partial charge in [-0.1, -0.05) is 0 Å². The highest BCUT2D eigenvalue weighted by Crippen LogP contribution is 2.13. The molecule has 0 aromatic rings. The van der Waals surface area contributed by atoms with E-state index in [0.717, 1.165) is 32.5 Å². The van der Waals surface area contributed by atoms with Crippen molar-refractivity contribution in [1.82, 2.24) is 25.9 Å². The predicted octanol–water partition coefficient (Wildman–Crippen LogP) is 0.210. The summed E-state index contributed by atoms with van der Waals surface area (Å²) in [5, 5.41) is 13.3. The van der Waals surface area contributed by atoms with Gasteiger partial charge in [-0.15, -0.1) is 0 Å². The van der Waals surface area contributed by atoms with Gasteiger partial charge >= 0.3 is 19.1 Å². The van der Waals surface area contributed by atoms with Crippen LogP contribution in [0.5, 0.6) is 0 Å². The second kappa shape index (κ2) is 14.6. The molecule has 0 heterocycles. The van der Waals surface area contributed by atoms with E-state index in [0.29, 0.717) is 25.8 Å². The molecule has 0 saturated carbocycles. The van der Waals surface area contributed by atoms with Crippen LogP contribution in [-0.2, 0) is 9.59 Å². The summed E-state index contributed by atoms with van der Waals surface area (Å²) in [5.74, 6) is -2.06. The second-order valence-electron chi connectivity index (χ2n) is 6.89. The molecular formula is C16H33BF3N5O3. The maximum Gasteiger partial charge on any atom is 0.471 e. The number of rotatable bonds is 15. The number of unbranched alkanes of at least 4 members (excludes halogenated alkanes) is 1. The quantitative estimate of drug-likeness (QED) is 0.175. The lowest BCUT2D eigenvalue weighted by atomic mass is 9.91. The van der Waals surface area contributed by atoms with Crippen LogP contribution >= 0.6 is 0 Å². The molecule has 4 N–H and O–H groups in total. The highest BCUT2D eigenvalue weighted by Gasteiger charge is 2.38. The molecule has 0 aromatic heterocycles. The van der Waals surface area contributed by atoms with E-state index in [2.05, 4.69) is 15.7 Å². The van der Waals surface area contributed by atoms with Gasteiger partial charge in [0.25, 0.3) is 0 Å². The summed E-state index contributed by atoms with van der Waals surface area (Å²) in [6, 6.07) is 0. The molecule has 164 valence electrons. The molecule has 0 radical (unpaired) electrons. The van der Waals surface area contributed by atoms with Crippen LogP contribution in [0.1, 0.15) is 32.1 Å². The van der Waals surface area contributed by atoms with Crippen molar-refractivity contribution < 1.29 is 27.8 Å². The standard InChI is InChI=1S/C16H33BF3N5O3/c1-17(28)23-22-14(26)8-6-12-24(2)10-4-5-11-25(3)13-7-9-21-15(27)16(18,19)20/h23,28H,4-13H2,1-3H3,(H,21,27)(H,22,26). The van der Waals surface area contributed by atoms with Crippen molar-refractivity contribution in [2.24, 2.45) is 0 Å². The normalized spacial score (nSPS) is 11.8. The molecule has 0 bridgehead atoms. The zero-order chi connectivity index (χ0) is 21.6. The molecule has 0 atom stereocenters. The first-order chi connectivity index (χ1) is 13.0. The Morgan fingerprint density at radius 1 is 0.964 bits per heavy atom. The second-order valence-corrected chi connectivity index (χ2v) is 6.89. The van der Waals surface area contributed by atoms with Crippen LogP contribution in [0.4, 0.5) is 13.2 Å². The van der Waals surface area contributed by atoms with Crippen LogP contribution < -0.4 is 16.1 Å². The molecule has 0 rings (SSSR count). The third-order valence-corrected chi connectivity index (χ3v) is 3.95. The number of hydrogen-bond acceptors (Lipinski definition) is 6. The van der Waals surface area contributed by atoms with E-state index < -0.39 is 19.1 Å². The number of nitrogens with one attached hydrogen (secondary N) is 3. The van der Waals surface area contributed by atoms with E-state index in [-0.39, 0.29) is 12.5 Å². The third-order valence-electron chi connectivity index (χ3n) is 3.95. The van der Waals surface area contributed by atoms with Crippen molar-refractivity contribution in [3.63, 3.8) is 0 Å². The summed E-state index contributed by atoms with van der Waals surface area (Å²) < 4.78 is 36.1. The summed E-state index contributed by atoms with van der Waals surface area (Å²) in [7, 11) is 3.09. The Labute approximate surface area is 165 Å². The summed E-state index contributed by atoms with van der Waals surface area (Å²) in [5.41, 5.74) is 2.41. The van der Waals surface area contributed by atoms with Gasteiger partial charge in [-0.25, -0.2) is 5.34 Å². The lowest BCUT2D eigenvalue weighted by Gasteiger charge is -2.19. The fourth-order valence-electron chi connectivity index (χ4n) is 2.40. The fraction of sp³-hybridized carbons (Fsp3) is 0.875. The number of hydrogen-bond donors (Lipinski definition) is 4. The van der Waals surface area contributed by atoms with Crippen molar-refractivity contribution in [2.45, 2.75) is 45.1 Å². The van der Waals surface area contributed by atoms with Crippen LogP contribution in [0.3, 0.4) is 0 Å². The van der Waals surface area contributed by atoms with Crippen LogP contribution in [0, 0.1) is 0 Å². The maximum atomic E-state index is 12.0. The van der Waals surface area contributed by atoms with Crippen LogP contribution in [0.25, 0.3) is 0 Å². The minimum Gasteiger partial charge on any atom is -0.436 e. The molecule has 0 aromatic carbocycles. The Morgan fingerprint density at radius 3 is 1.96 bits per heavy atom. The van der Waals surface area contributed by atoms with Crippen LogP contribution in [0.2, 0.25) is 6.82 Å². The van der Waals surface area contributed by atoms with Crippen molar-refractivity contribution in [1.29, 1.82) is 0 Å². The van der Waals surface area contributed by atoms with Crippen LogP contribution in [0.15, 0.2) is 0 Å². The highest BCUT2D eigenvalue weighted by molar-refractivity contribution is 6.45. The zero-order valence-corrected chi connectivity index (χ0v) is 16.9. The molecule has 0 aliphatic carbocycles. The molecule has 12 heteroatoms. The summed E-state index contributed by atoms with van der Waals surface area (Å²) in [6.07, 6.45) is -1.35. The minimum absolute atomic E-state index is 0.00569. The molecule has 28 heavy (non-hydrogen) atoms. The molecule has 8 nitrogen and oxygen atoms in total. The summed E-state index contributed by atoms with van der Waals surface area (Å²) in [6.45, 7) is 4.64. The van der Waals surface area contributed by atoms with Crippen molar-refractivity contribution in [3.05, 3.63) is 0 Å². The lowest BCUT2D eigenvalue weighted by molar-refractivity contribution is -0.173. The molecule has 0 unspecified atom stereocenters. The number of alkyl halides is 3. The van der Waals surface area contributed by atoms with Crippen molar-refractivity contribution in [2.75, 3.05) is 46.8 Å². The number of amides is 2. The largest absolute Gasteiger partial charge is 0.471 e. The molecule has 0 fully saturated rings. The van der Waals surface area contributed by atoms with Gasteiger partial charge in [0.15, 0.2) is 0 Å². The molecule has 0 spiro atoms. The third kappa shape index (κ3) is 15.7. The SMILES string of the molecule is CB(O)NNC(=O)CCCN(C)CCCCN(C)CCCNC(=O)C(F)(F)F. The first-order valence-corrected chi connectivity index (χ1v) is 9.47. The van der Waals surface area contributed by atoms with Gasteiger partial charge in [-0.05, 0) is 72.8 Å². The number of halogens is 3. The molecule has 0 aliphatic heterocycles. The number of carbonyl (C=O) groups excluding carboxylic acids is 2. The monoisotopic (exact) mass is 411 g/mol. The molecular weight excluding hydrogens is 378 g/mol. The number of carbonyl (C=O) groups is 2. The average Bonchev–Trinajstić information content (AvgIpc) is 2.59. The Morgan fingerprint density at radius 2 is 1.46 bits per heavy atom.